The zero-order chi connectivity index (χ0) is 16.9. The molecule has 0 aromatic heterocycles. The number of halogens is 1. The van der Waals surface area contributed by atoms with Gasteiger partial charge >= 0.3 is 0 Å². The fraction of sp³-hybridized carbons (Fsp3) is 0.500. The first-order valence-corrected chi connectivity index (χ1v) is 7.49. The van der Waals surface area contributed by atoms with Gasteiger partial charge in [0.05, 0.1) is 12.1 Å². The molecule has 1 aromatic carbocycles. The van der Waals surface area contributed by atoms with Gasteiger partial charge in [-0.3, -0.25) is 9.59 Å². The molecule has 0 saturated heterocycles. The van der Waals surface area contributed by atoms with Gasteiger partial charge in [0.15, 0.2) is 0 Å². The van der Waals surface area contributed by atoms with E-state index in [1.165, 1.54) is 7.11 Å². The molecule has 0 aliphatic carbocycles. The predicted molar refractivity (Wildman–Crippen MR) is 88.3 cm³/mol. The van der Waals surface area contributed by atoms with Crippen molar-refractivity contribution in [2.45, 2.75) is 27.7 Å². The Morgan fingerprint density at radius 2 is 1.91 bits per heavy atom. The summed E-state index contributed by atoms with van der Waals surface area (Å²) in [6.45, 7) is 7.69. The van der Waals surface area contributed by atoms with Crippen molar-refractivity contribution in [3.05, 3.63) is 23.2 Å². The number of carbonyl (C=O) groups excluding carboxylic acids is 2. The Bertz CT molecular complexity index is 556. The maximum atomic E-state index is 12.3. The lowest BCUT2D eigenvalue weighted by Gasteiger charge is -2.23. The topological polar surface area (TPSA) is 67.4 Å². The molecule has 122 valence electrons. The Labute approximate surface area is 136 Å². The summed E-state index contributed by atoms with van der Waals surface area (Å²) < 4.78 is 5.06. The number of ether oxygens (including phenoxy) is 1. The lowest BCUT2D eigenvalue weighted by Crippen LogP contribution is -2.46. The molecule has 0 aliphatic rings. The molecule has 22 heavy (non-hydrogen) atoms. The third-order valence-electron chi connectivity index (χ3n) is 3.22. The second-order valence-corrected chi connectivity index (χ2v) is 6.44. The summed E-state index contributed by atoms with van der Waals surface area (Å²) in [7, 11) is 1.52. The first kappa shape index (κ1) is 18.3. The minimum absolute atomic E-state index is 0.307. The quantitative estimate of drug-likeness (QED) is 0.789. The van der Waals surface area contributed by atoms with Gasteiger partial charge in [0, 0.05) is 12.2 Å². The third kappa shape index (κ3) is 4.63. The van der Waals surface area contributed by atoms with Crippen LogP contribution in [0.15, 0.2) is 18.2 Å². The zero-order valence-electron chi connectivity index (χ0n) is 13.6. The molecule has 0 atom stereocenters. The highest BCUT2D eigenvalue weighted by Crippen LogP contribution is 2.28. The number of anilines is 1. The van der Waals surface area contributed by atoms with Crippen LogP contribution in [0, 0.1) is 11.3 Å². The predicted octanol–water partition coefficient (Wildman–Crippen LogP) is 3.09. The average molecular weight is 327 g/mol. The molecule has 0 radical (unpaired) electrons. The Morgan fingerprint density at radius 1 is 1.27 bits per heavy atom. The van der Waals surface area contributed by atoms with E-state index in [1.54, 1.807) is 32.0 Å². The third-order valence-corrected chi connectivity index (χ3v) is 3.51. The van der Waals surface area contributed by atoms with Crippen LogP contribution < -0.4 is 15.4 Å². The number of hydrogen-bond acceptors (Lipinski definition) is 3. The van der Waals surface area contributed by atoms with Crippen LogP contribution in [0.4, 0.5) is 5.69 Å². The number of benzene rings is 1. The van der Waals surface area contributed by atoms with Crippen molar-refractivity contribution in [3.8, 4) is 5.75 Å². The fourth-order valence-electron chi connectivity index (χ4n) is 1.65. The van der Waals surface area contributed by atoms with Gasteiger partial charge in [0.2, 0.25) is 11.8 Å². The van der Waals surface area contributed by atoms with Crippen molar-refractivity contribution in [2.75, 3.05) is 19.0 Å². The van der Waals surface area contributed by atoms with Crippen molar-refractivity contribution in [3.63, 3.8) is 0 Å². The second-order valence-electron chi connectivity index (χ2n) is 6.03. The second kappa shape index (κ2) is 7.49. The smallest absolute Gasteiger partial charge is 0.239 e. The van der Waals surface area contributed by atoms with Crippen LogP contribution in [0.1, 0.15) is 27.7 Å². The summed E-state index contributed by atoms with van der Waals surface area (Å²) in [4.78, 5) is 24.5. The Kier molecular flexibility index (Phi) is 6.23. The van der Waals surface area contributed by atoms with Gasteiger partial charge in [-0.25, -0.2) is 0 Å². The molecule has 1 aromatic rings. The molecular formula is C16H23ClN2O3. The van der Waals surface area contributed by atoms with Crippen LogP contribution in [-0.2, 0) is 9.59 Å². The minimum Gasteiger partial charge on any atom is -0.495 e. The highest BCUT2D eigenvalue weighted by Gasteiger charge is 2.36. The molecule has 0 aliphatic heterocycles. The maximum Gasteiger partial charge on any atom is 0.239 e. The molecule has 0 fully saturated rings. The molecule has 0 saturated carbocycles. The Balaban J connectivity index is 2.78. The molecule has 0 heterocycles. The molecular weight excluding hydrogens is 304 g/mol. The van der Waals surface area contributed by atoms with Crippen LogP contribution in [0.2, 0.25) is 5.02 Å². The molecule has 5 nitrogen and oxygen atoms in total. The van der Waals surface area contributed by atoms with Crippen molar-refractivity contribution < 1.29 is 14.3 Å². The van der Waals surface area contributed by atoms with Gasteiger partial charge in [-0.1, -0.05) is 25.4 Å². The summed E-state index contributed by atoms with van der Waals surface area (Å²) in [5.41, 5.74) is -0.665. The minimum atomic E-state index is -1.18. The van der Waals surface area contributed by atoms with Gasteiger partial charge < -0.3 is 15.4 Å². The molecule has 0 spiro atoms. The van der Waals surface area contributed by atoms with Gasteiger partial charge in [0.1, 0.15) is 11.2 Å². The van der Waals surface area contributed by atoms with Crippen LogP contribution in [0.25, 0.3) is 0 Å². The first-order valence-electron chi connectivity index (χ1n) is 7.11. The summed E-state index contributed by atoms with van der Waals surface area (Å²) in [5.74, 6) is 0.144. The Hall–Kier alpha value is -1.75. The zero-order valence-corrected chi connectivity index (χ0v) is 14.4. The van der Waals surface area contributed by atoms with E-state index in [0.29, 0.717) is 28.9 Å². The first-order chi connectivity index (χ1) is 10.2. The van der Waals surface area contributed by atoms with Gasteiger partial charge in [-0.05, 0) is 38.0 Å². The lowest BCUT2D eigenvalue weighted by atomic mass is 9.90. The number of methoxy groups -OCH3 is 1. The Morgan fingerprint density at radius 3 is 2.41 bits per heavy atom. The standard InChI is InChI=1S/C16H23ClN2O3/c1-10(2)9-18-14(20)16(3,4)15(21)19-11-6-7-13(22-5)12(17)8-11/h6-8,10H,9H2,1-5H3,(H,18,20)(H,19,21). The normalized spacial score (nSPS) is 11.2. The molecule has 0 unspecified atom stereocenters. The number of rotatable bonds is 6. The summed E-state index contributed by atoms with van der Waals surface area (Å²) in [6.07, 6.45) is 0. The van der Waals surface area contributed by atoms with Gasteiger partial charge in [0.25, 0.3) is 0 Å². The van der Waals surface area contributed by atoms with Crippen molar-refractivity contribution in [2.24, 2.45) is 11.3 Å². The molecule has 1 rings (SSSR count). The van der Waals surface area contributed by atoms with E-state index in [9.17, 15) is 9.59 Å². The molecule has 2 amide bonds. The van der Waals surface area contributed by atoms with E-state index in [0.717, 1.165) is 0 Å². The van der Waals surface area contributed by atoms with Gasteiger partial charge in [-0.15, -0.1) is 0 Å². The summed E-state index contributed by atoms with van der Waals surface area (Å²) in [6, 6.07) is 4.91. The van der Waals surface area contributed by atoms with Crippen LogP contribution in [0.5, 0.6) is 5.75 Å². The van der Waals surface area contributed by atoms with Crippen LogP contribution >= 0.6 is 11.6 Å². The van der Waals surface area contributed by atoms with E-state index >= 15 is 0 Å². The van der Waals surface area contributed by atoms with Crippen molar-refractivity contribution in [1.82, 2.24) is 5.32 Å². The fourth-order valence-corrected chi connectivity index (χ4v) is 1.91. The number of nitrogens with one attached hydrogen (secondary N) is 2. The highest BCUT2D eigenvalue weighted by molar-refractivity contribution is 6.32. The molecule has 6 heteroatoms. The lowest BCUT2D eigenvalue weighted by molar-refractivity contribution is -0.138. The van der Waals surface area contributed by atoms with Crippen molar-refractivity contribution >= 4 is 29.1 Å². The van der Waals surface area contributed by atoms with E-state index in [2.05, 4.69) is 10.6 Å². The van der Waals surface area contributed by atoms with Crippen molar-refractivity contribution in [1.29, 1.82) is 0 Å². The summed E-state index contributed by atoms with van der Waals surface area (Å²) in [5, 5.41) is 5.87. The van der Waals surface area contributed by atoms with E-state index in [1.807, 2.05) is 13.8 Å². The van der Waals surface area contributed by atoms with E-state index in [4.69, 9.17) is 16.3 Å². The van der Waals surface area contributed by atoms with Gasteiger partial charge in [-0.2, -0.15) is 0 Å². The maximum absolute atomic E-state index is 12.3. The van der Waals surface area contributed by atoms with E-state index in [-0.39, 0.29) is 5.91 Å². The molecule has 0 bridgehead atoms. The van der Waals surface area contributed by atoms with Crippen LogP contribution in [0.3, 0.4) is 0 Å². The van der Waals surface area contributed by atoms with Crippen LogP contribution in [-0.4, -0.2) is 25.5 Å². The SMILES string of the molecule is COc1ccc(NC(=O)C(C)(C)C(=O)NCC(C)C)cc1Cl. The molecule has 2 N–H and O–H groups in total. The number of hydrogen-bond donors (Lipinski definition) is 2. The number of amides is 2. The average Bonchev–Trinajstić information content (AvgIpc) is 2.44. The number of carbonyl (C=O) groups is 2. The highest BCUT2D eigenvalue weighted by atomic mass is 35.5. The largest absolute Gasteiger partial charge is 0.495 e. The summed E-state index contributed by atoms with van der Waals surface area (Å²) >= 11 is 6.02. The van der Waals surface area contributed by atoms with E-state index < -0.39 is 11.3 Å². The monoisotopic (exact) mass is 326 g/mol.